The van der Waals surface area contributed by atoms with Crippen LogP contribution in [0.1, 0.15) is 96.6 Å². The monoisotopic (exact) mass is 266 g/mol. The van der Waals surface area contributed by atoms with Gasteiger partial charge in [-0.3, -0.25) is 0 Å². The van der Waals surface area contributed by atoms with Gasteiger partial charge in [0.1, 0.15) is 0 Å². The van der Waals surface area contributed by atoms with Gasteiger partial charge >= 0.3 is 0 Å². The van der Waals surface area contributed by atoms with Crippen molar-refractivity contribution < 1.29 is 0 Å². The molecule has 0 N–H and O–H groups in total. The summed E-state index contributed by atoms with van der Waals surface area (Å²) in [5, 5.41) is 0. The maximum Gasteiger partial charge on any atom is -0.0156 e. The molecule has 0 heteroatoms. The fourth-order valence-corrected chi connectivity index (χ4v) is 6.11. The van der Waals surface area contributed by atoms with Crippen LogP contribution in [0.5, 0.6) is 0 Å². The zero-order valence-corrected chi connectivity index (χ0v) is 12.6. The largest absolute Gasteiger partial charge is 0.0486 e. The number of hydrogen-bond donors (Lipinski definition) is 0. The minimum Gasteiger partial charge on any atom is -0.0486 e. The molecule has 0 bridgehead atoms. The van der Waals surface area contributed by atoms with E-state index >= 15 is 0 Å². The maximum atomic E-state index is 1.90. The summed E-state index contributed by atoms with van der Waals surface area (Å²) < 4.78 is 0. The highest BCUT2D eigenvalue weighted by atomic mass is 14.4. The molecular formula is C20H26. The van der Waals surface area contributed by atoms with Gasteiger partial charge in [0.2, 0.25) is 0 Å². The van der Waals surface area contributed by atoms with Crippen LogP contribution in [-0.2, 0) is 25.7 Å². The molecule has 5 rings (SSSR count). The summed E-state index contributed by atoms with van der Waals surface area (Å²) in [6.45, 7) is 0. The Morgan fingerprint density at radius 1 is 0.450 bits per heavy atom. The van der Waals surface area contributed by atoms with E-state index in [0.717, 1.165) is 11.8 Å². The Hall–Kier alpha value is -0.780. The van der Waals surface area contributed by atoms with E-state index in [1.54, 1.807) is 0 Å². The van der Waals surface area contributed by atoms with Crippen LogP contribution in [0.3, 0.4) is 0 Å². The lowest BCUT2D eigenvalue weighted by Gasteiger charge is -2.42. The lowest BCUT2D eigenvalue weighted by atomic mass is 9.63. The number of hydrogen-bond acceptors (Lipinski definition) is 0. The summed E-state index contributed by atoms with van der Waals surface area (Å²) >= 11 is 0. The van der Waals surface area contributed by atoms with E-state index in [1.807, 2.05) is 33.4 Å². The van der Waals surface area contributed by atoms with Gasteiger partial charge in [0.15, 0.2) is 0 Å². The summed E-state index contributed by atoms with van der Waals surface area (Å²) in [6.07, 6.45) is 17.5. The number of rotatable bonds is 0. The van der Waals surface area contributed by atoms with E-state index in [4.69, 9.17) is 0 Å². The van der Waals surface area contributed by atoms with Crippen LogP contribution >= 0.6 is 0 Å². The number of fused-ring (bicyclic) bond motifs is 2. The van der Waals surface area contributed by atoms with E-state index in [9.17, 15) is 0 Å². The van der Waals surface area contributed by atoms with Gasteiger partial charge in [-0.2, -0.15) is 0 Å². The van der Waals surface area contributed by atoms with Gasteiger partial charge in [-0.15, -0.1) is 0 Å². The van der Waals surface area contributed by atoms with Crippen molar-refractivity contribution in [3.63, 3.8) is 0 Å². The van der Waals surface area contributed by atoms with Gasteiger partial charge in [0.05, 0.1) is 0 Å². The molecule has 0 fully saturated rings. The van der Waals surface area contributed by atoms with Crippen molar-refractivity contribution in [3.8, 4) is 0 Å². The van der Waals surface area contributed by atoms with E-state index < -0.39 is 0 Å². The van der Waals surface area contributed by atoms with Crippen molar-refractivity contribution in [1.29, 1.82) is 0 Å². The molecule has 106 valence electrons. The van der Waals surface area contributed by atoms with Crippen molar-refractivity contribution in [1.82, 2.24) is 0 Å². The first-order valence-electron chi connectivity index (χ1n) is 9.12. The average Bonchev–Trinajstić information content (AvgIpc) is 2.52. The molecule has 0 saturated heterocycles. The third-order valence-electron chi connectivity index (χ3n) is 6.76. The molecule has 1 aromatic carbocycles. The van der Waals surface area contributed by atoms with Crippen molar-refractivity contribution in [2.75, 3.05) is 0 Å². The van der Waals surface area contributed by atoms with Gasteiger partial charge in [0.25, 0.3) is 0 Å². The minimum absolute atomic E-state index is 0.950. The zero-order chi connectivity index (χ0) is 13.1. The first-order chi connectivity index (χ1) is 9.93. The molecule has 0 radical (unpaired) electrons. The SMILES string of the molecule is C1Cc2c3c4c(c5c2C(C1)CCC5)CCCC4CCC3. The van der Waals surface area contributed by atoms with Crippen LogP contribution in [0.25, 0.3) is 0 Å². The Morgan fingerprint density at radius 2 is 0.750 bits per heavy atom. The van der Waals surface area contributed by atoms with Crippen LogP contribution in [0, 0.1) is 0 Å². The average molecular weight is 266 g/mol. The summed E-state index contributed by atoms with van der Waals surface area (Å²) in [5.41, 5.74) is 11.3. The Labute approximate surface area is 123 Å². The predicted molar refractivity (Wildman–Crippen MR) is 83.7 cm³/mol. The van der Waals surface area contributed by atoms with Crippen molar-refractivity contribution in [3.05, 3.63) is 33.4 Å². The highest BCUT2D eigenvalue weighted by Crippen LogP contribution is 2.51. The van der Waals surface area contributed by atoms with Crippen LogP contribution in [-0.4, -0.2) is 0 Å². The van der Waals surface area contributed by atoms with Gasteiger partial charge in [-0.25, -0.2) is 0 Å². The van der Waals surface area contributed by atoms with E-state index in [1.165, 1.54) is 77.0 Å². The summed E-state index contributed by atoms with van der Waals surface area (Å²) in [6, 6.07) is 0. The lowest BCUT2D eigenvalue weighted by molar-refractivity contribution is 0.440. The second-order valence-electron chi connectivity index (χ2n) is 7.70. The van der Waals surface area contributed by atoms with Gasteiger partial charge in [0, 0.05) is 0 Å². The predicted octanol–water partition coefficient (Wildman–Crippen LogP) is 5.20. The third kappa shape index (κ3) is 1.49. The van der Waals surface area contributed by atoms with E-state index in [-0.39, 0.29) is 0 Å². The van der Waals surface area contributed by atoms with Crippen LogP contribution in [0.4, 0.5) is 0 Å². The molecular weight excluding hydrogens is 240 g/mol. The van der Waals surface area contributed by atoms with Crippen molar-refractivity contribution >= 4 is 0 Å². The normalized spacial score (nSPS) is 25.2. The fourth-order valence-electron chi connectivity index (χ4n) is 6.11. The first-order valence-corrected chi connectivity index (χ1v) is 9.12. The first kappa shape index (κ1) is 11.8. The molecule has 0 heterocycles. The topological polar surface area (TPSA) is 0 Å². The molecule has 4 aliphatic rings. The molecule has 0 atom stereocenters. The lowest BCUT2D eigenvalue weighted by Crippen LogP contribution is -2.27. The maximum absolute atomic E-state index is 1.90. The number of benzene rings is 1. The Bertz CT molecular complexity index is 470. The highest BCUT2D eigenvalue weighted by Gasteiger charge is 2.36. The molecule has 0 aliphatic heterocycles. The Kier molecular flexibility index (Phi) is 2.58. The van der Waals surface area contributed by atoms with Gasteiger partial charge in [-0.05, 0) is 122 Å². The van der Waals surface area contributed by atoms with Gasteiger partial charge < -0.3 is 0 Å². The molecule has 0 unspecified atom stereocenters. The molecule has 0 spiro atoms. The third-order valence-corrected chi connectivity index (χ3v) is 6.76. The summed E-state index contributed by atoms with van der Waals surface area (Å²) in [5.74, 6) is 1.90. The Morgan fingerprint density at radius 3 is 1.05 bits per heavy atom. The quantitative estimate of drug-likeness (QED) is 0.605. The molecule has 0 amide bonds. The molecule has 0 saturated carbocycles. The second-order valence-corrected chi connectivity index (χ2v) is 7.70. The van der Waals surface area contributed by atoms with Gasteiger partial charge in [-0.1, -0.05) is 0 Å². The zero-order valence-electron chi connectivity index (χ0n) is 12.6. The minimum atomic E-state index is 0.950. The van der Waals surface area contributed by atoms with Crippen LogP contribution < -0.4 is 0 Å². The van der Waals surface area contributed by atoms with Crippen LogP contribution in [0.15, 0.2) is 0 Å². The Balaban J connectivity index is 1.84. The van der Waals surface area contributed by atoms with Crippen LogP contribution in [0.2, 0.25) is 0 Å². The van der Waals surface area contributed by atoms with E-state index in [2.05, 4.69) is 0 Å². The second kappa shape index (κ2) is 4.36. The molecule has 4 aliphatic carbocycles. The molecule has 20 heavy (non-hydrogen) atoms. The van der Waals surface area contributed by atoms with Crippen molar-refractivity contribution in [2.45, 2.75) is 88.9 Å². The van der Waals surface area contributed by atoms with E-state index in [0.29, 0.717) is 0 Å². The summed E-state index contributed by atoms with van der Waals surface area (Å²) in [7, 11) is 0. The van der Waals surface area contributed by atoms with Crippen molar-refractivity contribution in [2.24, 2.45) is 0 Å². The smallest absolute Gasteiger partial charge is 0.0156 e. The molecule has 0 nitrogen and oxygen atoms in total. The highest BCUT2D eigenvalue weighted by molar-refractivity contribution is 5.58. The standard InChI is InChI=1S/C20H26/c1-5-13-6-2-11-17-18-12-4-8-14-7-3-10-16(20(14)18)15(9-1)19(13)17/h13-14H,1-12H2. The molecule has 0 aromatic heterocycles. The molecule has 1 aromatic rings. The fraction of sp³-hybridized carbons (Fsp3) is 0.700. The summed E-state index contributed by atoms with van der Waals surface area (Å²) in [4.78, 5) is 0.